The lowest BCUT2D eigenvalue weighted by atomic mass is 10.1. The number of hydrogen-bond acceptors (Lipinski definition) is 5. The van der Waals surface area contributed by atoms with E-state index >= 15 is 0 Å². The molecule has 0 unspecified atom stereocenters. The quantitative estimate of drug-likeness (QED) is 0.282. The molecule has 0 radical (unpaired) electrons. The van der Waals surface area contributed by atoms with Crippen molar-refractivity contribution in [3.8, 4) is 5.75 Å². The van der Waals surface area contributed by atoms with Gasteiger partial charge >= 0.3 is 0 Å². The van der Waals surface area contributed by atoms with Gasteiger partial charge in [-0.3, -0.25) is 13.9 Å². The van der Waals surface area contributed by atoms with Crippen LogP contribution < -0.4 is 14.4 Å². The van der Waals surface area contributed by atoms with Crippen LogP contribution in [-0.4, -0.2) is 50.4 Å². The fourth-order valence-electron chi connectivity index (χ4n) is 4.02. The molecule has 0 aliphatic carbocycles. The highest BCUT2D eigenvalue weighted by molar-refractivity contribution is 7.92. The Kier molecular flexibility index (Phi) is 11.1. The summed E-state index contributed by atoms with van der Waals surface area (Å²) in [6.07, 6.45) is 0.686. The molecule has 2 atom stereocenters. The number of para-hydroxylation sites is 2. The highest BCUT2D eigenvalue weighted by atomic mass is 35.5. The molecular weight excluding hydrogens is 569 g/mol. The molecule has 0 aliphatic heterocycles. The van der Waals surface area contributed by atoms with E-state index in [1.807, 2.05) is 13.8 Å². The third kappa shape index (κ3) is 8.20. The van der Waals surface area contributed by atoms with E-state index in [0.717, 1.165) is 4.31 Å². The zero-order valence-corrected chi connectivity index (χ0v) is 25.1. The minimum Gasteiger partial charge on any atom is -0.492 e. The maximum atomic E-state index is 14.0. The van der Waals surface area contributed by atoms with Gasteiger partial charge in [0.1, 0.15) is 24.2 Å². The Morgan fingerprint density at radius 1 is 0.976 bits per heavy atom. The predicted molar refractivity (Wildman–Crippen MR) is 158 cm³/mol. The van der Waals surface area contributed by atoms with Gasteiger partial charge in [0.25, 0.3) is 10.0 Å². The molecule has 0 fully saturated rings. The number of carbonyl (C=O) groups excluding carboxylic acids is 2. The van der Waals surface area contributed by atoms with Crippen LogP contribution in [0.3, 0.4) is 0 Å². The van der Waals surface area contributed by atoms with Gasteiger partial charge in [-0.2, -0.15) is 0 Å². The number of nitrogens with one attached hydrogen (secondary N) is 1. The summed E-state index contributed by atoms with van der Waals surface area (Å²) in [6.45, 7) is 6.71. The molecule has 41 heavy (non-hydrogen) atoms. The Hall–Kier alpha value is -3.63. The number of anilines is 1. The summed E-state index contributed by atoms with van der Waals surface area (Å²) in [5.41, 5.74) is 0.737. The first kappa shape index (κ1) is 31.9. The molecule has 8 nitrogen and oxygen atoms in total. The molecule has 220 valence electrons. The number of hydrogen-bond donors (Lipinski definition) is 1. The largest absolute Gasteiger partial charge is 0.492 e. The Balaban J connectivity index is 2.07. The Labute approximate surface area is 246 Å². The van der Waals surface area contributed by atoms with E-state index in [9.17, 15) is 22.4 Å². The molecule has 0 bridgehead atoms. The first-order valence-electron chi connectivity index (χ1n) is 13.3. The van der Waals surface area contributed by atoms with Crippen molar-refractivity contribution < 1.29 is 27.1 Å². The number of ether oxygens (including phenoxy) is 1. The van der Waals surface area contributed by atoms with E-state index in [1.165, 1.54) is 53.4 Å². The smallest absolute Gasteiger partial charge is 0.264 e. The van der Waals surface area contributed by atoms with Crippen LogP contribution in [0, 0.1) is 5.82 Å². The Morgan fingerprint density at radius 2 is 1.61 bits per heavy atom. The van der Waals surface area contributed by atoms with Crippen molar-refractivity contribution in [3.05, 3.63) is 89.2 Å². The fourth-order valence-corrected chi connectivity index (χ4v) is 5.57. The van der Waals surface area contributed by atoms with Crippen molar-refractivity contribution in [2.45, 2.75) is 57.6 Å². The molecular formula is C30H35ClFN3O5S. The first-order valence-corrected chi connectivity index (χ1v) is 15.1. The molecule has 0 heterocycles. The number of carbonyl (C=O) groups is 2. The minimum absolute atomic E-state index is 0.0455. The summed E-state index contributed by atoms with van der Waals surface area (Å²) in [5.74, 6) is -1.20. The Morgan fingerprint density at radius 3 is 2.22 bits per heavy atom. The van der Waals surface area contributed by atoms with Gasteiger partial charge < -0.3 is 15.0 Å². The lowest BCUT2D eigenvalue weighted by Gasteiger charge is -2.33. The number of nitrogens with zero attached hydrogens (tertiary/aromatic N) is 2. The predicted octanol–water partition coefficient (Wildman–Crippen LogP) is 5.41. The van der Waals surface area contributed by atoms with Gasteiger partial charge in [0.15, 0.2) is 0 Å². The molecule has 3 aromatic rings. The number of halogens is 2. The third-order valence-corrected chi connectivity index (χ3v) is 8.57. The molecule has 11 heteroatoms. The van der Waals surface area contributed by atoms with Crippen LogP contribution in [0.2, 0.25) is 5.02 Å². The van der Waals surface area contributed by atoms with Crippen LogP contribution in [-0.2, 0) is 26.2 Å². The van der Waals surface area contributed by atoms with Gasteiger partial charge in [0.05, 0.1) is 17.2 Å². The van der Waals surface area contributed by atoms with E-state index in [2.05, 4.69) is 5.32 Å². The van der Waals surface area contributed by atoms with Gasteiger partial charge in [-0.25, -0.2) is 12.8 Å². The van der Waals surface area contributed by atoms with Crippen molar-refractivity contribution in [2.75, 3.05) is 17.5 Å². The topological polar surface area (TPSA) is 96.0 Å². The first-order chi connectivity index (χ1) is 19.5. The summed E-state index contributed by atoms with van der Waals surface area (Å²) in [4.78, 5) is 28.3. The van der Waals surface area contributed by atoms with Crippen LogP contribution in [0.5, 0.6) is 5.75 Å². The van der Waals surface area contributed by atoms with E-state index in [4.69, 9.17) is 16.3 Å². The summed E-state index contributed by atoms with van der Waals surface area (Å²) in [6, 6.07) is 16.6. The number of benzene rings is 3. The second-order valence-corrected chi connectivity index (χ2v) is 11.8. The molecule has 0 aliphatic rings. The number of rotatable bonds is 13. The third-order valence-electron chi connectivity index (χ3n) is 6.55. The van der Waals surface area contributed by atoms with E-state index < -0.39 is 40.2 Å². The van der Waals surface area contributed by atoms with Gasteiger partial charge in [-0.1, -0.05) is 42.8 Å². The SMILES string of the molecule is CCOc1ccccc1N(CC(=O)N(Cc1ccc(F)cc1)[C@H](C)C(=O)N[C@H](C)CC)S(=O)(=O)c1ccc(Cl)cc1. The fraction of sp³-hybridized carbons (Fsp3) is 0.333. The molecule has 0 aromatic heterocycles. The zero-order chi connectivity index (χ0) is 30.2. The summed E-state index contributed by atoms with van der Waals surface area (Å²) in [7, 11) is -4.29. The molecule has 3 aromatic carbocycles. The van der Waals surface area contributed by atoms with E-state index in [1.54, 1.807) is 38.1 Å². The highest BCUT2D eigenvalue weighted by Gasteiger charge is 2.34. The second kappa shape index (κ2) is 14.3. The maximum absolute atomic E-state index is 14.0. The normalized spacial score (nSPS) is 12.7. The van der Waals surface area contributed by atoms with Crippen molar-refractivity contribution in [3.63, 3.8) is 0 Å². The molecule has 0 saturated heterocycles. The van der Waals surface area contributed by atoms with E-state index in [-0.39, 0.29) is 35.5 Å². The summed E-state index contributed by atoms with van der Waals surface area (Å²) in [5, 5.41) is 3.23. The average molecular weight is 604 g/mol. The van der Waals surface area contributed by atoms with E-state index in [0.29, 0.717) is 17.0 Å². The summed E-state index contributed by atoms with van der Waals surface area (Å²) < 4.78 is 48.2. The van der Waals surface area contributed by atoms with Crippen molar-refractivity contribution >= 4 is 39.1 Å². The standard InChI is InChI=1S/C30H35ClFN3O5S/c1-5-21(3)33-30(37)22(4)34(19-23-11-15-25(32)16-12-23)29(36)20-35(27-9-7-8-10-28(27)40-6-2)41(38,39)26-17-13-24(31)14-18-26/h7-18,21-22H,5-6,19-20H2,1-4H3,(H,33,37)/t21-,22-/m1/s1. The molecule has 3 rings (SSSR count). The lowest BCUT2D eigenvalue weighted by molar-refractivity contribution is -0.139. The number of sulfonamides is 1. The van der Waals surface area contributed by atoms with Crippen molar-refractivity contribution in [1.82, 2.24) is 10.2 Å². The van der Waals surface area contributed by atoms with Crippen LogP contribution in [0.4, 0.5) is 10.1 Å². The van der Waals surface area contributed by atoms with Crippen LogP contribution in [0.1, 0.15) is 39.7 Å². The molecule has 0 saturated carbocycles. The summed E-state index contributed by atoms with van der Waals surface area (Å²) >= 11 is 6.00. The minimum atomic E-state index is -4.29. The molecule has 1 N–H and O–H groups in total. The monoisotopic (exact) mass is 603 g/mol. The average Bonchev–Trinajstić information content (AvgIpc) is 2.95. The Bertz CT molecular complexity index is 1440. The van der Waals surface area contributed by atoms with Crippen LogP contribution in [0.15, 0.2) is 77.7 Å². The molecule has 0 spiro atoms. The van der Waals surface area contributed by atoms with Crippen LogP contribution in [0.25, 0.3) is 0 Å². The second-order valence-electron chi connectivity index (χ2n) is 9.51. The van der Waals surface area contributed by atoms with Gasteiger partial charge in [0, 0.05) is 17.6 Å². The zero-order valence-electron chi connectivity index (χ0n) is 23.5. The van der Waals surface area contributed by atoms with Crippen LogP contribution >= 0.6 is 11.6 Å². The molecule has 2 amide bonds. The van der Waals surface area contributed by atoms with Gasteiger partial charge in [-0.15, -0.1) is 0 Å². The van der Waals surface area contributed by atoms with Crippen molar-refractivity contribution in [1.29, 1.82) is 0 Å². The maximum Gasteiger partial charge on any atom is 0.264 e. The lowest BCUT2D eigenvalue weighted by Crippen LogP contribution is -2.52. The van der Waals surface area contributed by atoms with Crippen molar-refractivity contribution in [2.24, 2.45) is 0 Å². The van der Waals surface area contributed by atoms with Gasteiger partial charge in [-0.05, 0) is 81.3 Å². The highest BCUT2D eigenvalue weighted by Crippen LogP contribution is 2.33. The van der Waals surface area contributed by atoms with Gasteiger partial charge in [0.2, 0.25) is 11.8 Å². The number of amides is 2.